The molecule has 140 valence electrons. The van der Waals surface area contributed by atoms with E-state index in [2.05, 4.69) is 5.32 Å². The van der Waals surface area contributed by atoms with Gasteiger partial charge in [0, 0.05) is 12.1 Å². The summed E-state index contributed by atoms with van der Waals surface area (Å²) in [4.78, 5) is 38.1. The van der Waals surface area contributed by atoms with Crippen LogP contribution in [0.3, 0.4) is 0 Å². The van der Waals surface area contributed by atoms with Gasteiger partial charge in [0.1, 0.15) is 5.75 Å². The number of para-hydroxylation sites is 1. The first kappa shape index (κ1) is 19.3. The molecule has 3 rings (SSSR count). The summed E-state index contributed by atoms with van der Waals surface area (Å²) in [7, 11) is 1.51. The number of nitrogens with zero attached hydrogens (tertiary/aromatic N) is 1. The molecule has 0 unspecified atom stereocenters. The van der Waals surface area contributed by atoms with Crippen LogP contribution in [0.4, 0.5) is 11.4 Å². The summed E-state index contributed by atoms with van der Waals surface area (Å²) >= 11 is 7.19. The number of benzene rings is 2. The van der Waals surface area contributed by atoms with Crippen molar-refractivity contribution in [1.82, 2.24) is 0 Å². The molecule has 0 aromatic heterocycles. The molecular weight excluding hydrogens is 388 g/mol. The van der Waals surface area contributed by atoms with Gasteiger partial charge in [-0.2, -0.15) is 0 Å². The van der Waals surface area contributed by atoms with Crippen molar-refractivity contribution < 1.29 is 19.1 Å². The molecule has 1 fully saturated rings. The molecule has 6 nitrogen and oxygen atoms in total. The smallest absolute Gasteiger partial charge is 0.247 e. The van der Waals surface area contributed by atoms with E-state index in [1.807, 2.05) is 6.07 Å². The molecule has 8 heteroatoms. The number of anilines is 2. The van der Waals surface area contributed by atoms with E-state index >= 15 is 0 Å². The zero-order valence-electron chi connectivity index (χ0n) is 14.5. The van der Waals surface area contributed by atoms with Gasteiger partial charge in [-0.3, -0.25) is 14.4 Å². The topological polar surface area (TPSA) is 75.7 Å². The third-order valence-corrected chi connectivity index (χ3v) is 5.47. The first-order valence-corrected chi connectivity index (χ1v) is 9.59. The Kier molecular flexibility index (Phi) is 6.03. The van der Waals surface area contributed by atoms with Crippen LogP contribution in [0.5, 0.6) is 5.75 Å². The van der Waals surface area contributed by atoms with Gasteiger partial charge < -0.3 is 10.1 Å². The normalized spacial score (nSPS) is 16.5. The number of hydrogen-bond donors (Lipinski definition) is 1. The number of thioether (sulfide) groups is 1. The Morgan fingerprint density at radius 3 is 2.67 bits per heavy atom. The third kappa shape index (κ3) is 4.43. The monoisotopic (exact) mass is 404 g/mol. The molecule has 0 aliphatic carbocycles. The Bertz CT molecular complexity index is 875. The summed E-state index contributed by atoms with van der Waals surface area (Å²) in [5.41, 5.74) is 1.08. The Hall–Kier alpha value is -2.51. The average Bonchev–Trinajstić information content (AvgIpc) is 2.94. The van der Waals surface area contributed by atoms with Crippen LogP contribution in [0.2, 0.25) is 5.02 Å². The number of imide groups is 1. The summed E-state index contributed by atoms with van der Waals surface area (Å²) < 4.78 is 5.07. The fourth-order valence-electron chi connectivity index (χ4n) is 2.70. The molecule has 1 heterocycles. The van der Waals surface area contributed by atoms with Gasteiger partial charge in [0.2, 0.25) is 17.7 Å². The molecule has 1 aliphatic heterocycles. The number of carbonyl (C=O) groups is 3. The van der Waals surface area contributed by atoms with E-state index in [9.17, 15) is 14.4 Å². The molecule has 1 atom stereocenters. The number of nitrogens with one attached hydrogen (secondary N) is 1. The summed E-state index contributed by atoms with van der Waals surface area (Å²) in [6.45, 7) is 0. The van der Waals surface area contributed by atoms with E-state index in [1.54, 1.807) is 42.5 Å². The Labute approximate surface area is 165 Å². The maximum absolute atomic E-state index is 12.5. The number of rotatable bonds is 6. The van der Waals surface area contributed by atoms with Crippen molar-refractivity contribution in [3.63, 3.8) is 0 Å². The number of amides is 3. The first-order chi connectivity index (χ1) is 13.0. The molecule has 2 aromatic rings. The maximum atomic E-state index is 12.5. The van der Waals surface area contributed by atoms with Crippen molar-refractivity contribution in [3.05, 3.63) is 53.6 Å². The number of hydrogen-bond acceptors (Lipinski definition) is 5. The number of halogens is 1. The molecular formula is C19H17ClN2O4S. The lowest BCUT2D eigenvalue weighted by atomic mass is 10.3. The van der Waals surface area contributed by atoms with Gasteiger partial charge in [-0.05, 0) is 30.3 Å². The van der Waals surface area contributed by atoms with E-state index in [0.29, 0.717) is 22.1 Å². The predicted octanol–water partition coefficient (Wildman–Crippen LogP) is 3.35. The van der Waals surface area contributed by atoms with Crippen LogP contribution >= 0.6 is 23.4 Å². The lowest BCUT2D eigenvalue weighted by Gasteiger charge is -2.14. The predicted molar refractivity (Wildman–Crippen MR) is 106 cm³/mol. The summed E-state index contributed by atoms with van der Waals surface area (Å²) in [5, 5.41) is 2.54. The summed E-state index contributed by atoms with van der Waals surface area (Å²) in [6, 6.07) is 13.7. The van der Waals surface area contributed by atoms with Crippen LogP contribution in [0, 0.1) is 0 Å². The average molecular weight is 405 g/mol. The molecule has 0 radical (unpaired) electrons. The lowest BCUT2D eigenvalue weighted by Crippen LogP contribution is -2.31. The highest BCUT2D eigenvalue weighted by atomic mass is 35.5. The van der Waals surface area contributed by atoms with Gasteiger partial charge in [-0.25, -0.2) is 4.90 Å². The molecule has 3 amide bonds. The van der Waals surface area contributed by atoms with Crippen LogP contribution < -0.4 is 15.0 Å². The number of ether oxygens (including phenoxy) is 1. The number of carbonyl (C=O) groups excluding carboxylic acids is 3. The van der Waals surface area contributed by atoms with Crippen LogP contribution in [0.15, 0.2) is 48.5 Å². The fraction of sp³-hybridized carbons (Fsp3) is 0.211. The van der Waals surface area contributed by atoms with E-state index in [4.69, 9.17) is 16.3 Å². The largest absolute Gasteiger partial charge is 0.495 e. The molecule has 1 N–H and O–H groups in total. The van der Waals surface area contributed by atoms with Gasteiger partial charge in [-0.1, -0.05) is 29.8 Å². The van der Waals surface area contributed by atoms with Crippen molar-refractivity contribution in [2.45, 2.75) is 11.7 Å². The van der Waals surface area contributed by atoms with Gasteiger partial charge in [0.15, 0.2) is 0 Å². The van der Waals surface area contributed by atoms with Crippen molar-refractivity contribution in [2.24, 2.45) is 0 Å². The summed E-state index contributed by atoms with van der Waals surface area (Å²) in [6.07, 6.45) is 0.0834. The fourth-order valence-corrected chi connectivity index (χ4v) is 3.89. The highest BCUT2D eigenvalue weighted by Crippen LogP contribution is 2.30. The Balaban J connectivity index is 1.57. The van der Waals surface area contributed by atoms with Crippen molar-refractivity contribution in [1.29, 1.82) is 0 Å². The van der Waals surface area contributed by atoms with Gasteiger partial charge in [0.25, 0.3) is 0 Å². The highest BCUT2D eigenvalue weighted by Gasteiger charge is 2.39. The van der Waals surface area contributed by atoms with Crippen LogP contribution in [-0.4, -0.2) is 35.8 Å². The second-order valence-electron chi connectivity index (χ2n) is 5.80. The minimum atomic E-state index is -0.567. The van der Waals surface area contributed by atoms with Crippen molar-refractivity contribution >= 4 is 52.5 Å². The second kappa shape index (κ2) is 8.45. The van der Waals surface area contributed by atoms with E-state index in [0.717, 1.165) is 11.8 Å². The molecule has 2 aromatic carbocycles. The molecule has 0 bridgehead atoms. The van der Waals surface area contributed by atoms with Gasteiger partial charge in [0.05, 0.1) is 28.8 Å². The van der Waals surface area contributed by atoms with E-state index in [-0.39, 0.29) is 29.9 Å². The molecule has 27 heavy (non-hydrogen) atoms. The zero-order valence-corrected chi connectivity index (χ0v) is 16.0. The molecule has 1 saturated heterocycles. The lowest BCUT2D eigenvalue weighted by molar-refractivity contribution is -0.121. The molecule has 1 aliphatic rings. The minimum Gasteiger partial charge on any atom is -0.495 e. The SMILES string of the molecule is COc1ccc(NC(=O)CS[C@@H]2CC(=O)N(c3ccccc3)C2=O)cc1Cl. The first-order valence-electron chi connectivity index (χ1n) is 8.16. The molecule has 0 saturated carbocycles. The van der Waals surface area contributed by atoms with E-state index < -0.39 is 5.25 Å². The maximum Gasteiger partial charge on any atom is 0.247 e. The van der Waals surface area contributed by atoms with Crippen molar-refractivity contribution in [2.75, 3.05) is 23.1 Å². The Morgan fingerprint density at radius 2 is 2.00 bits per heavy atom. The standard InChI is InChI=1S/C19H17ClN2O4S/c1-26-15-8-7-12(9-14(15)20)21-17(23)11-27-16-10-18(24)22(19(16)25)13-5-3-2-4-6-13/h2-9,16H,10-11H2,1H3,(H,21,23)/t16-/m1/s1. The quantitative estimate of drug-likeness (QED) is 0.747. The number of methoxy groups -OCH3 is 1. The third-order valence-electron chi connectivity index (χ3n) is 3.97. The zero-order chi connectivity index (χ0) is 19.4. The van der Waals surface area contributed by atoms with Crippen LogP contribution in [-0.2, 0) is 14.4 Å². The van der Waals surface area contributed by atoms with Crippen LogP contribution in [0.1, 0.15) is 6.42 Å². The van der Waals surface area contributed by atoms with E-state index in [1.165, 1.54) is 12.0 Å². The van der Waals surface area contributed by atoms with Crippen molar-refractivity contribution in [3.8, 4) is 5.75 Å². The summed E-state index contributed by atoms with van der Waals surface area (Å²) in [5.74, 6) is -0.266. The Morgan fingerprint density at radius 1 is 1.26 bits per heavy atom. The highest BCUT2D eigenvalue weighted by molar-refractivity contribution is 8.01. The van der Waals surface area contributed by atoms with Crippen LogP contribution in [0.25, 0.3) is 0 Å². The molecule has 0 spiro atoms. The minimum absolute atomic E-state index is 0.0516. The second-order valence-corrected chi connectivity index (χ2v) is 7.40. The van der Waals surface area contributed by atoms with Gasteiger partial charge in [-0.15, -0.1) is 11.8 Å². The van der Waals surface area contributed by atoms with Gasteiger partial charge >= 0.3 is 0 Å².